The van der Waals surface area contributed by atoms with Crippen LogP contribution in [-0.2, 0) is 4.74 Å². The highest BCUT2D eigenvalue weighted by molar-refractivity contribution is 4.83. The van der Waals surface area contributed by atoms with Crippen LogP contribution in [0.15, 0.2) is 0 Å². The van der Waals surface area contributed by atoms with Crippen molar-refractivity contribution in [2.45, 2.75) is 24.4 Å². The van der Waals surface area contributed by atoms with Crippen molar-refractivity contribution in [1.29, 1.82) is 0 Å². The second-order valence-corrected chi connectivity index (χ2v) is 3.07. The van der Waals surface area contributed by atoms with E-state index in [1.807, 2.05) is 0 Å². The molecule has 1 aliphatic rings. The van der Waals surface area contributed by atoms with E-state index in [-0.39, 0.29) is 31.2 Å². The Labute approximate surface area is 83.1 Å². The van der Waals surface area contributed by atoms with E-state index in [1.165, 1.54) is 7.11 Å². The smallest absolute Gasteiger partial charge is 0.138 e. The van der Waals surface area contributed by atoms with Gasteiger partial charge in [0.25, 0.3) is 0 Å². The van der Waals surface area contributed by atoms with E-state index in [0.717, 1.165) is 0 Å². The molecule has 1 rings (SSSR count). The van der Waals surface area contributed by atoms with E-state index < -0.39 is 12.2 Å². The molecule has 4 atom stereocenters. The number of halogens is 1. The number of piperidine rings is 1. The monoisotopic (exact) mass is 213 g/mol. The normalized spacial score (nSPS) is 39.7. The Kier molecular flexibility index (Phi) is 5.78. The summed E-state index contributed by atoms with van der Waals surface area (Å²) in [4.78, 5) is 0. The minimum absolute atomic E-state index is 0. The second-order valence-electron chi connectivity index (χ2n) is 3.07. The zero-order chi connectivity index (χ0) is 9.14. The van der Waals surface area contributed by atoms with E-state index in [2.05, 4.69) is 0 Å². The van der Waals surface area contributed by atoms with Gasteiger partial charge in [0.2, 0.25) is 0 Å². The van der Waals surface area contributed by atoms with Crippen LogP contribution in [0.25, 0.3) is 0 Å². The summed E-state index contributed by atoms with van der Waals surface area (Å²) in [6.45, 7) is 0.439. The van der Waals surface area contributed by atoms with Gasteiger partial charge in [-0.05, 0) is 0 Å². The molecule has 5 N–H and O–H groups in total. The zero-order valence-electron chi connectivity index (χ0n) is 7.43. The Morgan fingerprint density at radius 3 is 2.46 bits per heavy atom. The SMILES string of the molecule is CO[C@H]1C[NH2+][C@H](CO)[C@H](O)[C@@H]1O.[Cl-]. The topological polar surface area (TPSA) is 86.5 Å². The fraction of sp³-hybridized carbons (Fsp3) is 1.00. The van der Waals surface area contributed by atoms with Crippen molar-refractivity contribution < 1.29 is 37.8 Å². The summed E-state index contributed by atoms with van der Waals surface area (Å²) in [7, 11) is 1.49. The van der Waals surface area contributed by atoms with Crippen molar-refractivity contribution in [2.24, 2.45) is 0 Å². The number of hydrogen-bond donors (Lipinski definition) is 4. The molecule has 13 heavy (non-hydrogen) atoms. The van der Waals surface area contributed by atoms with Gasteiger partial charge in [-0.15, -0.1) is 0 Å². The van der Waals surface area contributed by atoms with Crippen LogP contribution in [0.4, 0.5) is 0 Å². The van der Waals surface area contributed by atoms with Gasteiger partial charge >= 0.3 is 0 Å². The molecule has 1 saturated heterocycles. The van der Waals surface area contributed by atoms with Gasteiger partial charge in [-0.1, -0.05) is 0 Å². The molecule has 0 saturated carbocycles. The third kappa shape index (κ3) is 2.77. The summed E-state index contributed by atoms with van der Waals surface area (Å²) in [6, 6.07) is -0.327. The first-order chi connectivity index (χ1) is 5.70. The molecule has 0 aromatic rings. The number of rotatable bonds is 2. The minimum Gasteiger partial charge on any atom is -1.00 e. The summed E-state index contributed by atoms with van der Waals surface area (Å²) in [5.74, 6) is 0. The summed E-state index contributed by atoms with van der Waals surface area (Å²) in [6.07, 6.45) is -2.14. The van der Waals surface area contributed by atoms with Crippen LogP contribution < -0.4 is 17.7 Å². The Morgan fingerprint density at radius 1 is 1.38 bits per heavy atom. The van der Waals surface area contributed by atoms with E-state index in [0.29, 0.717) is 6.54 Å². The van der Waals surface area contributed by atoms with Crippen molar-refractivity contribution in [3.63, 3.8) is 0 Å². The van der Waals surface area contributed by atoms with Crippen LogP contribution in [-0.4, -0.2) is 59.9 Å². The van der Waals surface area contributed by atoms with Crippen molar-refractivity contribution >= 4 is 0 Å². The third-order valence-corrected chi connectivity index (χ3v) is 2.35. The Bertz CT molecular complexity index is 132. The maximum Gasteiger partial charge on any atom is 0.138 e. The summed E-state index contributed by atoms with van der Waals surface area (Å²) in [5, 5.41) is 29.4. The van der Waals surface area contributed by atoms with E-state index >= 15 is 0 Å². The van der Waals surface area contributed by atoms with Crippen LogP contribution >= 0.6 is 0 Å². The molecule has 1 fully saturated rings. The highest BCUT2D eigenvalue weighted by Gasteiger charge is 2.40. The van der Waals surface area contributed by atoms with Crippen LogP contribution in [0, 0.1) is 0 Å². The molecule has 5 nitrogen and oxygen atoms in total. The lowest BCUT2D eigenvalue weighted by Gasteiger charge is -2.33. The number of aliphatic hydroxyl groups is 3. The van der Waals surface area contributed by atoms with Gasteiger partial charge in [0.15, 0.2) is 0 Å². The standard InChI is InChI=1S/C7H15NO4.ClH/c1-12-5-2-8-4(3-9)6(10)7(5)11;/h4-11H,2-3H2,1H3;1H/t4-,5+,6+,7-;/m1./s1. The quantitative estimate of drug-likeness (QED) is 0.368. The number of nitrogens with two attached hydrogens (primary N) is 1. The molecular formula is C7H16ClNO4. The van der Waals surface area contributed by atoms with Gasteiger partial charge < -0.3 is 37.8 Å². The average Bonchev–Trinajstić information content (AvgIpc) is 2.10. The fourth-order valence-electron chi connectivity index (χ4n) is 1.48. The van der Waals surface area contributed by atoms with Gasteiger partial charge in [-0.2, -0.15) is 0 Å². The lowest BCUT2D eigenvalue weighted by atomic mass is 9.96. The van der Waals surface area contributed by atoms with Gasteiger partial charge in [-0.25, -0.2) is 0 Å². The van der Waals surface area contributed by atoms with Gasteiger partial charge in [0.1, 0.15) is 30.9 Å². The number of aliphatic hydroxyl groups excluding tert-OH is 3. The molecular weight excluding hydrogens is 198 g/mol. The lowest BCUT2D eigenvalue weighted by Crippen LogP contribution is -3.00. The molecule has 6 heteroatoms. The van der Waals surface area contributed by atoms with E-state index in [1.54, 1.807) is 5.32 Å². The van der Waals surface area contributed by atoms with Crippen LogP contribution in [0.3, 0.4) is 0 Å². The molecule has 0 aliphatic carbocycles. The molecule has 80 valence electrons. The van der Waals surface area contributed by atoms with Gasteiger partial charge in [-0.3, -0.25) is 0 Å². The summed E-state index contributed by atoms with van der Waals surface area (Å²) >= 11 is 0. The fourth-order valence-corrected chi connectivity index (χ4v) is 1.48. The van der Waals surface area contributed by atoms with Crippen molar-refractivity contribution in [3.8, 4) is 0 Å². The first kappa shape index (κ1) is 13.1. The van der Waals surface area contributed by atoms with E-state index in [4.69, 9.17) is 9.84 Å². The summed E-state index contributed by atoms with van der Waals surface area (Å²) in [5.41, 5.74) is 0. The Morgan fingerprint density at radius 2 is 2.00 bits per heavy atom. The highest BCUT2D eigenvalue weighted by Crippen LogP contribution is 2.07. The summed E-state index contributed by atoms with van der Waals surface area (Å²) < 4.78 is 4.94. The first-order valence-corrected chi connectivity index (χ1v) is 4.03. The average molecular weight is 214 g/mol. The third-order valence-electron chi connectivity index (χ3n) is 2.35. The molecule has 0 spiro atoms. The van der Waals surface area contributed by atoms with Crippen LogP contribution in [0.5, 0.6) is 0 Å². The van der Waals surface area contributed by atoms with Gasteiger partial charge in [0, 0.05) is 7.11 Å². The van der Waals surface area contributed by atoms with Crippen molar-refractivity contribution in [2.75, 3.05) is 20.3 Å². The number of methoxy groups -OCH3 is 1. The largest absolute Gasteiger partial charge is 1.00 e. The first-order valence-electron chi connectivity index (χ1n) is 4.03. The van der Waals surface area contributed by atoms with E-state index in [9.17, 15) is 10.2 Å². The molecule has 0 radical (unpaired) electrons. The van der Waals surface area contributed by atoms with Crippen LogP contribution in [0.2, 0.25) is 0 Å². The Hall–Kier alpha value is 0.0900. The second kappa shape index (κ2) is 5.74. The molecule has 1 heterocycles. The lowest BCUT2D eigenvalue weighted by molar-refractivity contribution is -0.717. The number of hydrogen-bond acceptors (Lipinski definition) is 4. The zero-order valence-corrected chi connectivity index (χ0v) is 8.18. The maximum atomic E-state index is 9.43. The number of quaternary nitrogens is 1. The predicted octanol–water partition coefficient (Wildman–Crippen LogP) is -6.33. The van der Waals surface area contributed by atoms with Gasteiger partial charge in [0.05, 0.1) is 6.61 Å². The predicted molar refractivity (Wildman–Crippen MR) is 40.5 cm³/mol. The Balaban J connectivity index is 0.00000144. The molecule has 0 amide bonds. The molecule has 0 aromatic heterocycles. The van der Waals surface area contributed by atoms with Crippen molar-refractivity contribution in [3.05, 3.63) is 0 Å². The van der Waals surface area contributed by atoms with Crippen molar-refractivity contribution in [1.82, 2.24) is 0 Å². The molecule has 0 aromatic carbocycles. The number of ether oxygens (including phenoxy) is 1. The molecule has 1 aliphatic heterocycles. The minimum atomic E-state index is -0.909. The van der Waals surface area contributed by atoms with Crippen LogP contribution in [0.1, 0.15) is 0 Å². The molecule has 0 unspecified atom stereocenters. The molecule has 0 bridgehead atoms. The highest BCUT2D eigenvalue weighted by atomic mass is 35.5. The maximum absolute atomic E-state index is 9.43.